The number of amides is 1. The SMILES string of the molecule is CC(C)(C)c1ccc(C(=O)NCC(=O)OCCOc2ccc(C#N)cc2)cc1. The van der Waals surface area contributed by atoms with Crippen molar-refractivity contribution in [1.29, 1.82) is 5.26 Å². The molecule has 0 aliphatic carbocycles. The Hall–Kier alpha value is -3.33. The van der Waals surface area contributed by atoms with Gasteiger partial charge < -0.3 is 14.8 Å². The van der Waals surface area contributed by atoms with Crippen molar-refractivity contribution in [3.05, 3.63) is 65.2 Å². The van der Waals surface area contributed by atoms with Crippen LogP contribution in [0.15, 0.2) is 48.5 Å². The van der Waals surface area contributed by atoms with Gasteiger partial charge >= 0.3 is 5.97 Å². The summed E-state index contributed by atoms with van der Waals surface area (Å²) in [5, 5.41) is 11.3. The van der Waals surface area contributed by atoms with E-state index in [9.17, 15) is 9.59 Å². The highest BCUT2D eigenvalue weighted by atomic mass is 16.6. The van der Waals surface area contributed by atoms with E-state index in [4.69, 9.17) is 14.7 Å². The molecule has 2 rings (SSSR count). The molecule has 6 heteroatoms. The average Bonchev–Trinajstić information content (AvgIpc) is 2.69. The molecule has 0 aliphatic heterocycles. The highest BCUT2D eigenvalue weighted by Gasteiger charge is 2.14. The summed E-state index contributed by atoms with van der Waals surface area (Å²) >= 11 is 0. The maximum atomic E-state index is 12.1. The highest BCUT2D eigenvalue weighted by Crippen LogP contribution is 2.22. The van der Waals surface area contributed by atoms with E-state index in [2.05, 4.69) is 26.1 Å². The molecule has 1 N–H and O–H groups in total. The van der Waals surface area contributed by atoms with E-state index in [-0.39, 0.29) is 31.1 Å². The van der Waals surface area contributed by atoms with E-state index < -0.39 is 5.97 Å². The van der Waals surface area contributed by atoms with E-state index in [1.807, 2.05) is 18.2 Å². The van der Waals surface area contributed by atoms with Crippen LogP contribution in [0.3, 0.4) is 0 Å². The summed E-state index contributed by atoms with van der Waals surface area (Å²) in [6, 6.07) is 16.0. The first-order chi connectivity index (χ1) is 13.3. The lowest BCUT2D eigenvalue weighted by Crippen LogP contribution is -2.31. The van der Waals surface area contributed by atoms with Crippen LogP contribution in [-0.4, -0.2) is 31.6 Å². The van der Waals surface area contributed by atoms with Crippen molar-refractivity contribution >= 4 is 11.9 Å². The summed E-state index contributed by atoms with van der Waals surface area (Å²) in [5.74, 6) is -0.281. The number of nitriles is 1. The van der Waals surface area contributed by atoms with Gasteiger partial charge in [-0.3, -0.25) is 9.59 Å². The van der Waals surface area contributed by atoms with Crippen LogP contribution >= 0.6 is 0 Å². The van der Waals surface area contributed by atoms with Crippen molar-refractivity contribution < 1.29 is 19.1 Å². The largest absolute Gasteiger partial charge is 0.490 e. The van der Waals surface area contributed by atoms with Crippen molar-refractivity contribution in [2.24, 2.45) is 0 Å². The van der Waals surface area contributed by atoms with E-state index in [1.54, 1.807) is 36.4 Å². The lowest BCUT2D eigenvalue weighted by molar-refractivity contribution is -0.143. The number of rotatable bonds is 7. The molecule has 28 heavy (non-hydrogen) atoms. The van der Waals surface area contributed by atoms with Crippen LogP contribution in [0, 0.1) is 11.3 Å². The van der Waals surface area contributed by atoms with Crippen molar-refractivity contribution in [2.45, 2.75) is 26.2 Å². The molecule has 0 unspecified atom stereocenters. The Balaban J connectivity index is 1.68. The number of carbonyl (C=O) groups excluding carboxylic acids is 2. The Kier molecular flexibility index (Phi) is 7.16. The zero-order valence-electron chi connectivity index (χ0n) is 16.3. The Morgan fingerprint density at radius 2 is 1.64 bits per heavy atom. The summed E-state index contributed by atoms with van der Waals surface area (Å²) < 4.78 is 10.4. The van der Waals surface area contributed by atoms with Crippen molar-refractivity contribution in [3.8, 4) is 11.8 Å². The third-order valence-corrected chi connectivity index (χ3v) is 4.00. The molecule has 0 bridgehead atoms. The average molecular weight is 380 g/mol. The molecule has 146 valence electrons. The normalized spacial score (nSPS) is 10.6. The third kappa shape index (κ3) is 6.44. The second-order valence-corrected chi connectivity index (χ2v) is 7.22. The number of carbonyl (C=O) groups is 2. The summed E-state index contributed by atoms with van der Waals surface area (Å²) in [7, 11) is 0. The van der Waals surface area contributed by atoms with E-state index in [1.165, 1.54) is 0 Å². The molecule has 2 aromatic carbocycles. The predicted octanol–water partition coefficient (Wildman–Crippen LogP) is 3.21. The Morgan fingerprint density at radius 1 is 1.00 bits per heavy atom. The van der Waals surface area contributed by atoms with Crippen LogP contribution in [-0.2, 0) is 14.9 Å². The fraction of sp³-hybridized carbons (Fsp3) is 0.318. The van der Waals surface area contributed by atoms with Gasteiger partial charge in [0.05, 0.1) is 11.6 Å². The lowest BCUT2D eigenvalue weighted by Gasteiger charge is -2.19. The number of esters is 1. The number of nitrogens with zero attached hydrogens (tertiary/aromatic N) is 1. The topological polar surface area (TPSA) is 88.4 Å². The first kappa shape index (κ1) is 21.0. The minimum absolute atomic E-state index is 0.0125. The molecule has 1 amide bonds. The predicted molar refractivity (Wildman–Crippen MR) is 105 cm³/mol. The standard InChI is InChI=1S/C22H24N2O4/c1-22(2,3)18-8-6-17(7-9-18)21(26)24-15-20(25)28-13-12-27-19-10-4-16(14-23)5-11-19/h4-11H,12-13,15H2,1-3H3,(H,24,26). The fourth-order valence-electron chi connectivity index (χ4n) is 2.37. The second kappa shape index (κ2) is 9.56. The van der Waals surface area contributed by atoms with Gasteiger partial charge in [-0.05, 0) is 47.4 Å². The van der Waals surface area contributed by atoms with Gasteiger partial charge in [-0.25, -0.2) is 0 Å². The zero-order chi connectivity index (χ0) is 20.6. The molecule has 0 fully saturated rings. The molecule has 0 saturated heterocycles. The number of hydrogen-bond donors (Lipinski definition) is 1. The van der Waals surface area contributed by atoms with E-state index in [0.29, 0.717) is 16.9 Å². The van der Waals surface area contributed by atoms with Crippen LogP contribution in [0.5, 0.6) is 5.75 Å². The minimum Gasteiger partial charge on any atom is -0.490 e. The van der Waals surface area contributed by atoms with E-state index in [0.717, 1.165) is 5.56 Å². The molecule has 0 heterocycles. The van der Waals surface area contributed by atoms with Crippen LogP contribution in [0.1, 0.15) is 42.3 Å². The molecule has 2 aromatic rings. The minimum atomic E-state index is -0.539. The van der Waals surface area contributed by atoms with Crippen LogP contribution in [0.25, 0.3) is 0 Å². The van der Waals surface area contributed by atoms with Gasteiger partial charge in [-0.2, -0.15) is 5.26 Å². The number of nitrogens with one attached hydrogen (secondary N) is 1. The van der Waals surface area contributed by atoms with Crippen molar-refractivity contribution in [2.75, 3.05) is 19.8 Å². The molecule has 0 aliphatic rings. The Morgan fingerprint density at radius 3 is 2.21 bits per heavy atom. The summed E-state index contributed by atoms with van der Waals surface area (Å²) in [4.78, 5) is 23.8. The monoisotopic (exact) mass is 380 g/mol. The number of ether oxygens (including phenoxy) is 2. The van der Waals surface area contributed by atoms with Gasteiger partial charge in [0, 0.05) is 5.56 Å². The van der Waals surface area contributed by atoms with Gasteiger partial charge in [-0.15, -0.1) is 0 Å². The van der Waals surface area contributed by atoms with Crippen LogP contribution < -0.4 is 10.1 Å². The maximum Gasteiger partial charge on any atom is 0.325 e. The van der Waals surface area contributed by atoms with Crippen molar-refractivity contribution in [3.63, 3.8) is 0 Å². The molecule has 0 radical (unpaired) electrons. The highest BCUT2D eigenvalue weighted by molar-refractivity contribution is 5.95. The quantitative estimate of drug-likeness (QED) is 0.589. The molecule has 6 nitrogen and oxygen atoms in total. The van der Waals surface area contributed by atoms with Gasteiger partial charge in [0.2, 0.25) is 0 Å². The Bertz CT molecular complexity index is 844. The summed E-state index contributed by atoms with van der Waals surface area (Å²) in [6.45, 7) is 6.33. The number of hydrogen-bond acceptors (Lipinski definition) is 5. The molecule has 0 atom stereocenters. The van der Waals surface area contributed by atoms with Gasteiger partial charge in [0.15, 0.2) is 0 Å². The lowest BCUT2D eigenvalue weighted by atomic mass is 9.87. The van der Waals surface area contributed by atoms with Gasteiger partial charge in [0.1, 0.15) is 25.5 Å². The van der Waals surface area contributed by atoms with Crippen LogP contribution in [0.4, 0.5) is 0 Å². The first-order valence-electron chi connectivity index (χ1n) is 8.97. The molecule has 0 spiro atoms. The maximum absolute atomic E-state index is 12.1. The molecule has 0 aromatic heterocycles. The van der Waals surface area contributed by atoms with Crippen LogP contribution in [0.2, 0.25) is 0 Å². The smallest absolute Gasteiger partial charge is 0.325 e. The molecule has 0 saturated carbocycles. The summed E-state index contributed by atoms with van der Waals surface area (Å²) in [5.41, 5.74) is 2.18. The van der Waals surface area contributed by atoms with Gasteiger partial charge in [0.25, 0.3) is 5.91 Å². The van der Waals surface area contributed by atoms with E-state index >= 15 is 0 Å². The van der Waals surface area contributed by atoms with Crippen molar-refractivity contribution in [1.82, 2.24) is 5.32 Å². The summed E-state index contributed by atoms with van der Waals surface area (Å²) in [6.07, 6.45) is 0. The molecular weight excluding hydrogens is 356 g/mol. The fourth-order valence-corrected chi connectivity index (χ4v) is 2.37. The van der Waals surface area contributed by atoms with Gasteiger partial charge in [-0.1, -0.05) is 32.9 Å². The second-order valence-electron chi connectivity index (χ2n) is 7.22. The zero-order valence-corrected chi connectivity index (χ0v) is 16.3. The molecular formula is C22H24N2O4. The first-order valence-corrected chi connectivity index (χ1v) is 8.97. The Labute approximate surface area is 165 Å². The number of benzene rings is 2. The third-order valence-electron chi connectivity index (χ3n) is 4.00.